The van der Waals surface area contributed by atoms with E-state index in [4.69, 9.17) is 7.98 Å². The molecular formula is C5H11BN2. The molecule has 8 heavy (non-hydrogen) atoms. The molecule has 0 spiro atoms. The molecule has 1 rings (SSSR count). The molecule has 0 aromatic rings. The van der Waals surface area contributed by atoms with Crippen molar-refractivity contribution in [2.45, 2.75) is 19.3 Å². The van der Waals surface area contributed by atoms with Crippen LogP contribution in [0.3, 0.4) is 0 Å². The Balaban J connectivity index is 2.17. The second-order valence-electron chi connectivity index (χ2n) is 2.16. The third-order valence-electron chi connectivity index (χ3n) is 1.39. The predicted molar refractivity (Wildman–Crippen MR) is 34.3 cm³/mol. The molecule has 1 aliphatic heterocycles. The van der Waals surface area contributed by atoms with Crippen molar-refractivity contribution in [2.75, 3.05) is 13.1 Å². The molecule has 2 radical (unpaired) electrons. The van der Waals surface area contributed by atoms with Crippen LogP contribution in [0.5, 0.6) is 0 Å². The largest absolute Gasteiger partial charge is 0.298 e. The van der Waals surface area contributed by atoms with E-state index in [-0.39, 0.29) is 0 Å². The summed E-state index contributed by atoms with van der Waals surface area (Å²) in [6.45, 7) is 2.02. The Bertz CT molecular complexity index is 59.4. The minimum atomic E-state index is 0.986. The second-order valence-corrected chi connectivity index (χ2v) is 2.16. The summed E-state index contributed by atoms with van der Waals surface area (Å²) in [6.07, 6.45) is 3.79. The van der Waals surface area contributed by atoms with E-state index >= 15 is 0 Å². The number of hydrogen-bond donors (Lipinski definition) is 1. The highest BCUT2D eigenvalue weighted by Gasteiger charge is 2.00. The van der Waals surface area contributed by atoms with Crippen molar-refractivity contribution in [1.82, 2.24) is 10.3 Å². The molecule has 0 bridgehead atoms. The van der Waals surface area contributed by atoms with Gasteiger partial charge in [0.25, 0.3) is 0 Å². The lowest BCUT2D eigenvalue weighted by Gasteiger charge is -2.13. The molecular weight excluding hydrogens is 98.9 g/mol. The third-order valence-corrected chi connectivity index (χ3v) is 1.39. The van der Waals surface area contributed by atoms with Gasteiger partial charge in [-0.2, -0.15) is 0 Å². The Kier molecular flexibility index (Phi) is 2.37. The minimum Gasteiger partial charge on any atom is -0.298 e. The fourth-order valence-corrected chi connectivity index (χ4v) is 0.886. The van der Waals surface area contributed by atoms with Gasteiger partial charge in [-0.3, -0.25) is 10.3 Å². The van der Waals surface area contributed by atoms with Gasteiger partial charge in [-0.15, -0.1) is 0 Å². The number of nitrogens with one attached hydrogen (secondary N) is 1. The van der Waals surface area contributed by atoms with Crippen LogP contribution >= 0.6 is 0 Å². The van der Waals surface area contributed by atoms with Crippen LogP contribution in [0, 0.1) is 0 Å². The van der Waals surface area contributed by atoms with E-state index in [0.717, 1.165) is 13.1 Å². The van der Waals surface area contributed by atoms with E-state index in [1.54, 1.807) is 4.92 Å². The highest BCUT2D eigenvalue weighted by Crippen LogP contribution is 1.98. The molecule has 0 saturated carbocycles. The van der Waals surface area contributed by atoms with Gasteiger partial charge in [-0.1, -0.05) is 6.42 Å². The van der Waals surface area contributed by atoms with E-state index in [1.807, 2.05) is 0 Å². The van der Waals surface area contributed by atoms with Crippen molar-refractivity contribution >= 4 is 7.98 Å². The summed E-state index contributed by atoms with van der Waals surface area (Å²) in [4.78, 5) is 1.67. The first-order chi connectivity index (χ1) is 3.89. The molecule has 3 heteroatoms. The van der Waals surface area contributed by atoms with E-state index in [9.17, 15) is 0 Å². The van der Waals surface area contributed by atoms with Gasteiger partial charge in [-0.25, -0.2) is 0 Å². The number of rotatable bonds is 0. The van der Waals surface area contributed by atoms with Gasteiger partial charge in [-0.05, 0) is 19.4 Å². The van der Waals surface area contributed by atoms with Crippen molar-refractivity contribution < 1.29 is 0 Å². The monoisotopic (exact) mass is 110 g/mol. The fraction of sp³-hybridized carbons (Fsp3) is 1.00. The first kappa shape index (κ1) is 6.11. The molecule has 1 N–H and O–H groups in total. The molecule has 44 valence electrons. The maximum Gasteiger partial charge on any atom is 0.206 e. The maximum absolute atomic E-state index is 5.46. The average Bonchev–Trinajstić information content (AvgIpc) is 1.94. The molecule has 1 aliphatic rings. The third kappa shape index (κ3) is 1.84. The summed E-state index contributed by atoms with van der Waals surface area (Å²) in [7, 11) is 5.46. The van der Waals surface area contributed by atoms with Crippen LogP contribution < -0.4 is 5.43 Å². The molecule has 1 heterocycles. The van der Waals surface area contributed by atoms with Gasteiger partial charge >= 0.3 is 0 Å². The molecule has 1 saturated heterocycles. The normalized spacial score (nSPS) is 25.0. The lowest BCUT2D eigenvalue weighted by molar-refractivity contribution is 0.360. The molecule has 0 aromatic heterocycles. The lowest BCUT2D eigenvalue weighted by atomic mass is 10.2. The molecule has 0 amide bonds. The van der Waals surface area contributed by atoms with Crippen LogP contribution in [0.2, 0.25) is 0 Å². The second kappa shape index (κ2) is 3.10. The van der Waals surface area contributed by atoms with Crippen molar-refractivity contribution in [3.63, 3.8) is 0 Å². The zero-order valence-electron chi connectivity index (χ0n) is 5.06. The quantitative estimate of drug-likeness (QED) is 0.443. The van der Waals surface area contributed by atoms with Crippen LogP contribution in [0.1, 0.15) is 19.3 Å². The zero-order chi connectivity index (χ0) is 5.82. The number of hydrogen-bond acceptors (Lipinski definition) is 2. The molecule has 0 aliphatic carbocycles. The van der Waals surface area contributed by atoms with Crippen LogP contribution in [0.15, 0.2) is 0 Å². The van der Waals surface area contributed by atoms with Crippen LogP contribution in [0.25, 0.3) is 0 Å². The van der Waals surface area contributed by atoms with Crippen LogP contribution in [-0.2, 0) is 0 Å². The summed E-state index contributed by atoms with van der Waals surface area (Å²) >= 11 is 0. The molecule has 2 nitrogen and oxygen atoms in total. The highest BCUT2D eigenvalue weighted by atomic mass is 15.4. The highest BCUT2D eigenvalue weighted by molar-refractivity contribution is 6.03. The van der Waals surface area contributed by atoms with Crippen LogP contribution in [-0.4, -0.2) is 26.0 Å². The van der Waals surface area contributed by atoms with E-state index < -0.39 is 0 Å². The first-order valence-electron chi connectivity index (χ1n) is 3.15. The number of hydrazine groups is 1. The summed E-state index contributed by atoms with van der Waals surface area (Å²) in [5, 5.41) is 0. The van der Waals surface area contributed by atoms with Gasteiger partial charge < -0.3 is 0 Å². The summed E-state index contributed by atoms with van der Waals surface area (Å²) in [6, 6.07) is 0. The summed E-state index contributed by atoms with van der Waals surface area (Å²) in [5.41, 5.74) is 3.06. The average molecular weight is 110 g/mol. The standard InChI is InChI=1S/C5H11BN2/c6-8-5-3-1-2-4-7-8/h7H,1-5H2. The van der Waals surface area contributed by atoms with E-state index in [2.05, 4.69) is 5.43 Å². The Labute approximate surface area is 51.6 Å². The van der Waals surface area contributed by atoms with Crippen molar-refractivity contribution in [1.29, 1.82) is 0 Å². The van der Waals surface area contributed by atoms with Gasteiger partial charge in [0.1, 0.15) is 0 Å². The maximum atomic E-state index is 5.46. The molecule has 0 atom stereocenters. The van der Waals surface area contributed by atoms with Crippen molar-refractivity contribution in [2.24, 2.45) is 0 Å². The minimum absolute atomic E-state index is 0.986. The van der Waals surface area contributed by atoms with Crippen molar-refractivity contribution in [3.8, 4) is 0 Å². The topological polar surface area (TPSA) is 15.3 Å². The molecule has 1 fully saturated rings. The van der Waals surface area contributed by atoms with E-state index in [1.165, 1.54) is 19.3 Å². The van der Waals surface area contributed by atoms with Gasteiger partial charge in [0.2, 0.25) is 7.98 Å². The smallest absolute Gasteiger partial charge is 0.206 e. The van der Waals surface area contributed by atoms with Crippen molar-refractivity contribution in [3.05, 3.63) is 0 Å². The number of nitrogens with zero attached hydrogens (tertiary/aromatic N) is 1. The Morgan fingerprint density at radius 1 is 1.25 bits per heavy atom. The summed E-state index contributed by atoms with van der Waals surface area (Å²) in [5.74, 6) is 0. The van der Waals surface area contributed by atoms with Gasteiger partial charge in [0.15, 0.2) is 0 Å². The Hall–Kier alpha value is -0.0151. The molecule has 0 unspecified atom stereocenters. The first-order valence-corrected chi connectivity index (χ1v) is 3.15. The van der Waals surface area contributed by atoms with Gasteiger partial charge in [0, 0.05) is 6.54 Å². The van der Waals surface area contributed by atoms with Gasteiger partial charge in [0.05, 0.1) is 0 Å². The fourth-order valence-electron chi connectivity index (χ4n) is 0.886. The Morgan fingerprint density at radius 2 is 2.12 bits per heavy atom. The summed E-state index contributed by atoms with van der Waals surface area (Å²) < 4.78 is 0. The van der Waals surface area contributed by atoms with Crippen LogP contribution in [0.4, 0.5) is 0 Å². The predicted octanol–water partition coefficient (Wildman–Crippen LogP) is 0.0604. The lowest BCUT2D eigenvalue weighted by Crippen LogP contribution is -2.34. The SMILES string of the molecule is [B]N1CCCCCN1. The van der Waals surface area contributed by atoms with E-state index in [0.29, 0.717) is 0 Å². The Morgan fingerprint density at radius 3 is 3.00 bits per heavy atom. The zero-order valence-corrected chi connectivity index (χ0v) is 5.06. The molecule has 0 aromatic carbocycles.